The van der Waals surface area contributed by atoms with Crippen molar-refractivity contribution in [3.63, 3.8) is 0 Å². The Morgan fingerprint density at radius 2 is 1.82 bits per heavy atom. The van der Waals surface area contributed by atoms with Crippen molar-refractivity contribution in [1.82, 2.24) is 0 Å². The lowest BCUT2D eigenvalue weighted by molar-refractivity contribution is -0.133. The summed E-state index contributed by atoms with van der Waals surface area (Å²) in [6.45, 7) is 0. The van der Waals surface area contributed by atoms with Gasteiger partial charge in [-0.2, -0.15) is 0 Å². The Hall–Kier alpha value is -2.04. The van der Waals surface area contributed by atoms with E-state index in [1.165, 1.54) is 14.2 Å². The first-order chi connectivity index (χ1) is 8.21. The molecule has 0 radical (unpaired) electrons. The van der Waals surface area contributed by atoms with Crippen molar-refractivity contribution >= 4 is 11.7 Å². The molecule has 0 aliphatic rings. The molecule has 17 heavy (non-hydrogen) atoms. The van der Waals surface area contributed by atoms with Crippen LogP contribution in [0.3, 0.4) is 0 Å². The van der Waals surface area contributed by atoms with Crippen LogP contribution in [0.15, 0.2) is 29.4 Å². The lowest BCUT2D eigenvalue weighted by Crippen LogP contribution is -2.18. The number of methoxy groups -OCH3 is 2. The van der Waals surface area contributed by atoms with Crippen LogP contribution in [0.2, 0.25) is 0 Å². The van der Waals surface area contributed by atoms with Crippen LogP contribution in [0.4, 0.5) is 0 Å². The number of rotatable bonds is 5. The van der Waals surface area contributed by atoms with Crippen LogP contribution in [0.1, 0.15) is 5.56 Å². The zero-order chi connectivity index (χ0) is 12.7. The Balaban J connectivity index is 2.79. The summed E-state index contributed by atoms with van der Waals surface area (Å²) in [5.74, 6) is 0.264. The van der Waals surface area contributed by atoms with E-state index in [2.05, 4.69) is 14.7 Å². The fraction of sp³-hybridized carbons (Fsp3) is 0.333. The highest BCUT2D eigenvalue weighted by molar-refractivity contribution is 6.36. The molecule has 5 nitrogen and oxygen atoms in total. The van der Waals surface area contributed by atoms with E-state index in [1.54, 1.807) is 7.11 Å². The Labute approximate surface area is 100.0 Å². The zero-order valence-corrected chi connectivity index (χ0v) is 10.1. The topological polar surface area (TPSA) is 57.1 Å². The molecule has 1 aromatic carbocycles. The molecule has 0 aliphatic heterocycles. The first-order valence-corrected chi connectivity index (χ1v) is 5.02. The SMILES string of the molecule is CO/N=C(/Cc1ccc(OC)cc1)C(=O)OC. The van der Waals surface area contributed by atoms with Gasteiger partial charge in [0.2, 0.25) is 0 Å². The van der Waals surface area contributed by atoms with Crippen molar-refractivity contribution in [3.8, 4) is 5.75 Å². The summed E-state index contributed by atoms with van der Waals surface area (Å²) in [5, 5.41) is 3.64. The largest absolute Gasteiger partial charge is 0.497 e. The average molecular weight is 237 g/mol. The second kappa shape index (κ2) is 6.52. The van der Waals surface area contributed by atoms with Crippen molar-refractivity contribution < 1.29 is 19.1 Å². The van der Waals surface area contributed by atoms with Gasteiger partial charge in [-0.3, -0.25) is 0 Å². The maximum Gasteiger partial charge on any atom is 0.356 e. The molecular weight excluding hydrogens is 222 g/mol. The van der Waals surface area contributed by atoms with Crippen LogP contribution in [0, 0.1) is 0 Å². The minimum Gasteiger partial charge on any atom is -0.497 e. The van der Waals surface area contributed by atoms with Gasteiger partial charge in [-0.25, -0.2) is 4.79 Å². The molecule has 1 aromatic rings. The predicted octanol–water partition coefficient (Wildman–Crippen LogP) is 1.41. The van der Waals surface area contributed by atoms with E-state index >= 15 is 0 Å². The lowest BCUT2D eigenvalue weighted by Gasteiger charge is -2.05. The second-order valence-electron chi connectivity index (χ2n) is 3.24. The molecule has 92 valence electrons. The van der Waals surface area contributed by atoms with E-state index in [4.69, 9.17) is 4.74 Å². The van der Waals surface area contributed by atoms with E-state index in [1.807, 2.05) is 24.3 Å². The number of hydrogen-bond donors (Lipinski definition) is 0. The summed E-state index contributed by atoms with van der Waals surface area (Å²) < 4.78 is 9.65. The van der Waals surface area contributed by atoms with Crippen LogP contribution in [0.5, 0.6) is 5.75 Å². The van der Waals surface area contributed by atoms with E-state index in [0.717, 1.165) is 11.3 Å². The van der Waals surface area contributed by atoms with Crippen LogP contribution in [-0.2, 0) is 20.8 Å². The predicted molar refractivity (Wildman–Crippen MR) is 63.2 cm³/mol. The highest BCUT2D eigenvalue weighted by Crippen LogP contribution is 2.12. The number of hydrogen-bond acceptors (Lipinski definition) is 5. The minimum atomic E-state index is -0.498. The summed E-state index contributed by atoms with van der Waals surface area (Å²) in [6.07, 6.45) is 0.352. The molecule has 0 atom stereocenters. The number of benzene rings is 1. The number of carbonyl (C=O) groups is 1. The van der Waals surface area contributed by atoms with Gasteiger partial charge in [-0.15, -0.1) is 0 Å². The molecule has 0 saturated carbocycles. The molecule has 0 unspecified atom stereocenters. The maximum absolute atomic E-state index is 11.4. The maximum atomic E-state index is 11.4. The fourth-order valence-electron chi connectivity index (χ4n) is 1.31. The molecular formula is C12H15NO4. The first kappa shape index (κ1) is 13.0. The molecule has 1 rings (SSSR count). The highest BCUT2D eigenvalue weighted by Gasteiger charge is 2.13. The second-order valence-corrected chi connectivity index (χ2v) is 3.24. The fourth-order valence-corrected chi connectivity index (χ4v) is 1.31. The Morgan fingerprint density at radius 3 is 2.29 bits per heavy atom. The molecule has 0 N–H and O–H groups in total. The van der Waals surface area contributed by atoms with Crippen LogP contribution < -0.4 is 4.74 Å². The number of oxime groups is 1. The molecule has 0 fully saturated rings. The van der Waals surface area contributed by atoms with Gasteiger partial charge in [0.25, 0.3) is 0 Å². The van der Waals surface area contributed by atoms with Gasteiger partial charge >= 0.3 is 5.97 Å². The summed E-state index contributed by atoms with van der Waals surface area (Å²) in [7, 11) is 4.29. The van der Waals surface area contributed by atoms with Gasteiger partial charge in [-0.1, -0.05) is 17.3 Å². The summed E-state index contributed by atoms with van der Waals surface area (Å²) in [6, 6.07) is 7.34. The van der Waals surface area contributed by atoms with Crippen molar-refractivity contribution in [2.45, 2.75) is 6.42 Å². The third kappa shape index (κ3) is 3.79. The average Bonchev–Trinajstić information content (AvgIpc) is 2.38. The van der Waals surface area contributed by atoms with Gasteiger partial charge in [0, 0.05) is 6.42 Å². The van der Waals surface area contributed by atoms with Crippen molar-refractivity contribution in [2.75, 3.05) is 21.3 Å². The summed E-state index contributed by atoms with van der Waals surface area (Å²) in [5.41, 5.74) is 1.15. The standard InChI is InChI=1S/C12H15NO4/c1-15-10-6-4-9(5-7-10)8-11(13-17-3)12(14)16-2/h4-7H,8H2,1-3H3/b13-11-. The quantitative estimate of drug-likeness (QED) is 0.441. The molecule has 0 amide bonds. The summed E-state index contributed by atoms with van der Waals surface area (Å²) >= 11 is 0. The third-order valence-corrected chi connectivity index (χ3v) is 2.15. The van der Waals surface area contributed by atoms with Crippen molar-refractivity contribution in [2.24, 2.45) is 5.16 Å². The van der Waals surface area contributed by atoms with E-state index < -0.39 is 5.97 Å². The number of ether oxygens (including phenoxy) is 2. The third-order valence-electron chi connectivity index (χ3n) is 2.15. The van der Waals surface area contributed by atoms with Gasteiger partial charge < -0.3 is 14.3 Å². The van der Waals surface area contributed by atoms with Gasteiger partial charge in [-0.05, 0) is 17.7 Å². The number of nitrogens with zero attached hydrogens (tertiary/aromatic N) is 1. The molecule has 5 heteroatoms. The zero-order valence-electron chi connectivity index (χ0n) is 10.1. The normalized spacial score (nSPS) is 10.9. The molecule has 0 aromatic heterocycles. The van der Waals surface area contributed by atoms with E-state index in [-0.39, 0.29) is 5.71 Å². The van der Waals surface area contributed by atoms with Crippen LogP contribution in [-0.4, -0.2) is 33.0 Å². The number of esters is 1. The van der Waals surface area contributed by atoms with Crippen LogP contribution >= 0.6 is 0 Å². The van der Waals surface area contributed by atoms with Gasteiger partial charge in [0.1, 0.15) is 12.9 Å². The van der Waals surface area contributed by atoms with E-state index in [9.17, 15) is 4.79 Å². The molecule has 0 bridgehead atoms. The Bertz CT molecular complexity index is 397. The smallest absolute Gasteiger partial charge is 0.356 e. The van der Waals surface area contributed by atoms with Crippen molar-refractivity contribution in [1.29, 1.82) is 0 Å². The van der Waals surface area contributed by atoms with Crippen LogP contribution in [0.25, 0.3) is 0 Å². The molecule has 0 heterocycles. The Morgan fingerprint density at radius 1 is 1.18 bits per heavy atom. The first-order valence-electron chi connectivity index (χ1n) is 5.02. The monoisotopic (exact) mass is 237 g/mol. The molecule has 0 saturated heterocycles. The summed E-state index contributed by atoms with van der Waals surface area (Å²) in [4.78, 5) is 16.0. The Kier molecular flexibility index (Phi) is 5.00. The lowest BCUT2D eigenvalue weighted by atomic mass is 10.1. The highest BCUT2D eigenvalue weighted by atomic mass is 16.6. The molecule has 0 spiro atoms. The minimum absolute atomic E-state index is 0.222. The van der Waals surface area contributed by atoms with Gasteiger partial charge in [0.15, 0.2) is 5.71 Å². The van der Waals surface area contributed by atoms with Crippen molar-refractivity contribution in [3.05, 3.63) is 29.8 Å². The molecule has 0 aliphatic carbocycles. The number of carbonyl (C=O) groups excluding carboxylic acids is 1. The van der Waals surface area contributed by atoms with Gasteiger partial charge in [0.05, 0.1) is 14.2 Å². The van der Waals surface area contributed by atoms with E-state index in [0.29, 0.717) is 6.42 Å².